The summed E-state index contributed by atoms with van der Waals surface area (Å²) < 4.78 is 12.1. The summed E-state index contributed by atoms with van der Waals surface area (Å²) in [6.45, 7) is 4.74. The van der Waals surface area contributed by atoms with E-state index in [0.717, 1.165) is 11.1 Å². The lowest BCUT2D eigenvalue weighted by molar-refractivity contribution is -0.168. The van der Waals surface area contributed by atoms with E-state index in [-0.39, 0.29) is 12.6 Å². The Morgan fingerprint density at radius 3 is 2.57 bits per heavy atom. The molecule has 0 spiro atoms. The number of aromatic nitrogens is 3. The fraction of sp³-hybridized carbons (Fsp3) is 0.353. The fourth-order valence-electron chi connectivity index (χ4n) is 2.46. The van der Waals surface area contributed by atoms with Crippen LogP contribution in [0.25, 0.3) is 11.8 Å². The van der Waals surface area contributed by atoms with Gasteiger partial charge in [0.2, 0.25) is 0 Å². The van der Waals surface area contributed by atoms with Crippen molar-refractivity contribution in [3.05, 3.63) is 48.0 Å². The Morgan fingerprint density at radius 2 is 1.96 bits per heavy atom. The van der Waals surface area contributed by atoms with Crippen molar-refractivity contribution in [3.63, 3.8) is 0 Å². The third kappa shape index (κ3) is 3.38. The summed E-state index contributed by atoms with van der Waals surface area (Å²) >= 11 is 0. The second-order valence-corrected chi connectivity index (χ2v) is 5.98. The number of allylic oxidation sites excluding steroid dienone is 1. The van der Waals surface area contributed by atoms with Crippen molar-refractivity contribution in [3.8, 4) is 0 Å². The highest BCUT2D eigenvalue weighted by Gasteiger charge is 2.39. The molecule has 0 aliphatic carbocycles. The number of carbonyl (C=O) groups excluding carboxylic acids is 1. The van der Waals surface area contributed by atoms with Crippen molar-refractivity contribution in [2.24, 2.45) is 5.41 Å². The van der Waals surface area contributed by atoms with Crippen LogP contribution in [0.5, 0.6) is 0 Å². The van der Waals surface area contributed by atoms with Gasteiger partial charge in [0, 0.05) is 0 Å². The molecule has 2 aromatic rings. The first-order chi connectivity index (χ1) is 11.1. The third-order valence-corrected chi connectivity index (χ3v) is 3.84. The van der Waals surface area contributed by atoms with Gasteiger partial charge < -0.3 is 9.47 Å². The highest BCUT2D eigenvalue weighted by molar-refractivity contribution is 6.22. The van der Waals surface area contributed by atoms with Crippen LogP contribution in [0.15, 0.2) is 36.9 Å². The van der Waals surface area contributed by atoms with Crippen molar-refractivity contribution in [1.29, 1.82) is 0 Å². The number of nitrogens with zero attached hydrogens (tertiary/aromatic N) is 3. The topological polar surface area (TPSA) is 66.2 Å². The van der Waals surface area contributed by atoms with Crippen LogP contribution in [0, 0.1) is 12.3 Å². The molecule has 1 aromatic heterocycles. The summed E-state index contributed by atoms with van der Waals surface area (Å²) in [7, 11) is 0. The summed E-state index contributed by atoms with van der Waals surface area (Å²) in [6.07, 6.45) is 4.74. The zero-order valence-corrected chi connectivity index (χ0v) is 13.2. The van der Waals surface area contributed by atoms with Gasteiger partial charge in [0.15, 0.2) is 5.78 Å². The Balaban J connectivity index is 1.99. The molecule has 3 rings (SSSR count). The molecular formula is C17H19N3O3. The van der Waals surface area contributed by atoms with Crippen molar-refractivity contribution in [1.82, 2.24) is 14.8 Å². The summed E-state index contributed by atoms with van der Waals surface area (Å²) in [6, 6.07) is 7.94. The van der Waals surface area contributed by atoms with Crippen molar-refractivity contribution < 1.29 is 14.3 Å². The number of carbonyl (C=O) groups is 1. The maximum atomic E-state index is 13.1. The predicted molar refractivity (Wildman–Crippen MR) is 85.3 cm³/mol. The largest absolute Gasteiger partial charge is 0.354 e. The van der Waals surface area contributed by atoms with E-state index in [4.69, 9.17) is 9.47 Å². The lowest BCUT2D eigenvalue weighted by Crippen LogP contribution is -2.42. The molecule has 1 saturated heterocycles. The van der Waals surface area contributed by atoms with Crippen LogP contribution >= 0.6 is 0 Å². The molecule has 0 atom stereocenters. The van der Waals surface area contributed by atoms with Crippen LogP contribution in [-0.4, -0.2) is 40.6 Å². The van der Waals surface area contributed by atoms with E-state index in [9.17, 15) is 4.79 Å². The van der Waals surface area contributed by atoms with E-state index in [2.05, 4.69) is 10.1 Å². The number of hydrogen-bond donors (Lipinski definition) is 0. The van der Waals surface area contributed by atoms with Gasteiger partial charge in [-0.2, -0.15) is 5.10 Å². The van der Waals surface area contributed by atoms with Gasteiger partial charge in [-0.25, -0.2) is 9.67 Å². The van der Waals surface area contributed by atoms with Crippen LogP contribution in [-0.2, 0) is 14.3 Å². The second-order valence-electron chi connectivity index (χ2n) is 5.98. The molecule has 0 unspecified atom stereocenters. The predicted octanol–water partition coefficient (Wildman–Crippen LogP) is 2.16. The lowest BCUT2D eigenvalue weighted by atomic mass is 9.84. The highest BCUT2D eigenvalue weighted by Crippen LogP contribution is 2.28. The van der Waals surface area contributed by atoms with E-state index >= 15 is 0 Å². The summed E-state index contributed by atoms with van der Waals surface area (Å²) in [5.74, 6) is -0.0803. The summed E-state index contributed by atoms with van der Waals surface area (Å²) in [4.78, 5) is 17.0. The van der Waals surface area contributed by atoms with Crippen LogP contribution in [0.4, 0.5) is 0 Å². The van der Waals surface area contributed by atoms with Gasteiger partial charge in [0.25, 0.3) is 0 Å². The van der Waals surface area contributed by atoms with E-state index in [0.29, 0.717) is 18.9 Å². The van der Waals surface area contributed by atoms with Crippen LogP contribution < -0.4 is 0 Å². The average Bonchev–Trinajstić information content (AvgIpc) is 3.08. The molecule has 0 saturated carbocycles. The SMILES string of the molecule is Cc1ccc(C=C(C(=O)C2(C)COCOC2)n2cncn2)cc1. The molecular weight excluding hydrogens is 294 g/mol. The molecule has 2 heterocycles. The molecule has 1 aromatic carbocycles. The molecule has 0 amide bonds. The van der Waals surface area contributed by atoms with Gasteiger partial charge in [-0.15, -0.1) is 0 Å². The zero-order valence-electron chi connectivity index (χ0n) is 13.2. The fourth-order valence-corrected chi connectivity index (χ4v) is 2.46. The molecule has 0 radical (unpaired) electrons. The van der Waals surface area contributed by atoms with Gasteiger partial charge in [-0.3, -0.25) is 4.79 Å². The average molecular weight is 313 g/mol. The number of Topliss-reactive ketones (excluding diaryl/α,β-unsaturated/α-hetero) is 1. The highest BCUT2D eigenvalue weighted by atomic mass is 16.7. The first kappa shape index (κ1) is 15.6. The molecule has 0 bridgehead atoms. The minimum Gasteiger partial charge on any atom is -0.354 e. The van der Waals surface area contributed by atoms with Gasteiger partial charge >= 0.3 is 0 Å². The maximum absolute atomic E-state index is 13.1. The van der Waals surface area contributed by atoms with Gasteiger partial charge in [0.05, 0.1) is 18.6 Å². The van der Waals surface area contributed by atoms with Crippen molar-refractivity contribution in [2.45, 2.75) is 13.8 Å². The minimum atomic E-state index is -0.735. The van der Waals surface area contributed by atoms with Gasteiger partial charge in [-0.05, 0) is 25.5 Å². The molecule has 6 heteroatoms. The van der Waals surface area contributed by atoms with E-state index < -0.39 is 5.41 Å². The molecule has 23 heavy (non-hydrogen) atoms. The number of rotatable bonds is 4. The molecule has 0 N–H and O–H groups in total. The molecule has 1 fully saturated rings. The normalized spacial score (nSPS) is 17.9. The van der Waals surface area contributed by atoms with E-state index in [1.54, 1.807) is 0 Å². The smallest absolute Gasteiger partial charge is 0.191 e. The number of hydrogen-bond acceptors (Lipinski definition) is 5. The maximum Gasteiger partial charge on any atom is 0.191 e. The molecule has 6 nitrogen and oxygen atoms in total. The van der Waals surface area contributed by atoms with Gasteiger partial charge in [-0.1, -0.05) is 29.8 Å². The minimum absolute atomic E-state index is 0.0803. The first-order valence-electron chi connectivity index (χ1n) is 7.42. The Morgan fingerprint density at radius 1 is 1.26 bits per heavy atom. The number of aryl methyl sites for hydroxylation is 1. The number of ketones is 1. The Hall–Kier alpha value is -2.31. The Kier molecular flexibility index (Phi) is 4.36. The zero-order chi connectivity index (χ0) is 16.3. The Labute approximate surface area is 134 Å². The van der Waals surface area contributed by atoms with Crippen LogP contribution in [0.2, 0.25) is 0 Å². The number of benzene rings is 1. The van der Waals surface area contributed by atoms with Crippen molar-refractivity contribution in [2.75, 3.05) is 20.0 Å². The van der Waals surface area contributed by atoms with Crippen LogP contribution in [0.3, 0.4) is 0 Å². The quantitative estimate of drug-likeness (QED) is 0.809. The lowest BCUT2D eigenvalue weighted by Gasteiger charge is -2.32. The van der Waals surface area contributed by atoms with E-state index in [1.165, 1.54) is 17.3 Å². The first-order valence-corrected chi connectivity index (χ1v) is 7.42. The molecule has 120 valence electrons. The van der Waals surface area contributed by atoms with E-state index in [1.807, 2.05) is 44.2 Å². The molecule has 1 aliphatic heterocycles. The van der Waals surface area contributed by atoms with Crippen LogP contribution in [0.1, 0.15) is 18.1 Å². The Bertz CT molecular complexity index is 699. The summed E-state index contributed by atoms with van der Waals surface area (Å²) in [5.41, 5.74) is 1.80. The second kappa shape index (κ2) is 6.44. The van der Waals surface area contributed by atoms with Crippen molar-refractivity contribution >= 4 is 17.6 Å². The number of ether oxygens (including phenoxy) is 2. The third-order valence-electron chi connectivity index (χ3n) is 3.84. The van der Waals surface area contributed by atoms with Gasteiger partial charge in [0.1, 0.15) is 25.1 Å². The molecule has 1 aliphatic rings. The summed E-state index contributed by atoms with van der Waals surface area (Å²) in [5, 5.41) is 4.11. The standard InChI is InChI=1S/C17H19N3O3/c1-13-3-5-14(6-4-13)7-15(20-11-18-10-19-20)16(21)17(2)8-22-12-23-9-17/h3-7,10-11H,8-9,12H2,1-2H3. The monoisotopic (exact) mass is 313 g/mol.